The number of hydrogen-bond acceptors (Lipinski definition) is 1. The highest BCUT2D eigenvalue weighted by atomic mass is 35.5. The first-order valence-corrected chi connectivity index (χ1v) is 5.74. The van der Waals surface area contributed by atoms with Gasteiger partial charge in [0.25, 0.3) is 0 Å². The molecule has 1 rings (SSSR count). The molecule has 0 saturated heterocycles. The van der Waals surface area contributed by atoms with Gasteiger partial charge < -0.3 is 5.73 Å². The van der Waals surface area contributed by atoms with Crippen LogP contribution >= 0.6 is 11.6 Å². The van der Waals surface area contributed by atoms with Crippen LogP contribution in [0.25, 0.3) is 0 Å². The summed E-state index contributed by atoms with van der Waals surface area (Å²) in [4.78, 5) is 0. The predicted octanol–water partition coefficient (Wildman–Crippen LogP) is 3.74. The fraction of sp³-hybridized carbons (Fsp3) is 0.538. The lowest BCUT2D eigenvalue weighted by molar-refractivity contribution is 0.513. The minimum absolute atomic E-state index is 0.186. The predicted molar refractivity (Wildman–Crippen MR) is 67.5 cm³/mol. The number of rotatable bonds is 3. The largest absolute Gasteiger partial charge is 0.325 e. The number of benzene rings is 1. The smallest absolute Gasteiger partial charge is 0.0408 e. The summed E-state index contributed by atoms with van der Waals surface area (Å²) in [6.45, 7) is 8.46. The molecule has 1 aromatic carbocycles. The Labute approximate surface area is 97.6 Å². The lowest BCUT2D eigenvalue weighted by Gasteiger charge is -2.22. The molecule has 0 radical (unpaired) electrons. The molecule has 0 aliphatic heterocycles. The van der Waals surface area contributed by atoms with Crippen molar-refractivity contribution in [3.63, 3.8) is 0 Å². The summed E-state index contributed by atoms with van der Waals surface area (Å²) in [6, 6.07) is 6.09. The third-order valence-corrected chi connectivity index (χ3v) is 2.61. The first-order valence-electron chi connectivity index (χ1n) is 5.37. The zero-order valence-corrected chi connectivity index (χ0v) is 10.7. The van der Waals surface area contributed by atoms with E-state index in [1.807, 2.05) is 26.0 Å². The average Bonchev–Trinajstić information content (AvgIpc) is 1.99. The van der Waals surface area contributed by atoms with Crippen LogP contribution in [0.1, 0.15) is 44.7 Å². The molecule has 0 fully saturated rings. The van der Waals surface area contributed by atoms with Crippen molar-refractivity contribution in [3.8, 4) is 0 Å². The van der Waals surface area contributed by atoms with Gasteiger partial charge in [-0.25, -0.2) is 0 Å². The van der Waals surface area contributed by atoms with Gasteiger partial charge in [0.2, 0.25) is 0 Å². The van der Waals surface area contributed by atoms with E-state index in [4.69, 9.17) is 17.3 Å². The van der Waals surface area contributed by atoms with Crippen LogP contribution in [0.15, 0.2) is 18.2 Å². The van der Waals surface area contributed by atoms with E-state index < -0.39 is 0 Å². The molecule has 1 nitrogen and oxygen atoms in total. The van der Waals surface area contributed by atoms with Crippen molar-refractivity contribution in [2.75, 3.05) is 0 Å². The van der Waals surface area contributed by atoms with E-state index in [0.717, 1.165) is 11.4 Å². The quantitative estimate of drug-likeness (QED) is 0.833. The molecule has 15 heavy (non-hydrogen) atoms. The van der Waals surface area contributed by atoms with Gasteiger partial charge in [0.05, 0.1) is 0 Å². The first kappa shape index (κ1) is 12.5. The zero-order chi connectivity index (χ0) is 11.6. The average molecular weight is 226 g/mol. The molecule has 1 aromatic rings. The Morgan fingerprint density at radius 1 is 1.33 bits per heavy atom. The molecular weight excluding hydrogens is 206 g/mol. The van der Waals surface area contributed by atoms with Crippen molar-refractivity contribution in [2.45, 2.75) is 45.6 Å². The minimum Gasteiger partial charge on any atom is -0.325 e. The second-order valence-electron chi connectivity index (χ2n) is 5.16. The van der Waals surface area contributed by atoms with Crippen LogP contribution in [0, 0.1) is 0 Å². The highest BCUT2D eigenvalue weighted by Gasteiger charge is 2.15. The molecule has 0 bridgehead atoms. The van der Waals surface area contributed by atoms with Gasteiger partial charge in [-0.2, -0.15) is 0 Å². The van der Waals surface area contributed by atoms with Crippen molar-refractivity contribution < 1.29 is 0 Å². The van der Waals surface area contributed by atoms with E-state index >= 15 is 0 Å². The van der Waals surface area contributed by atoms with Crippen LogP contribution < -0.4 is 5.73 Å². The SMILES string of the molecule is CC(C)c1ccc(Cl)cc1CC(C)(C)N. The lowest BCUT2D eigenvalue weighted by Crippen LogP contribution is -2.34. The molecule has 0 aromatic heterocycles. The van der Waals surface area contributed by atoms with Crippen molar-refractivity contribution >= 4 is 11.6 Å². The second-order valence-corrected chi connectivity index (χ2v) is 5.60. The van der Waals surface area contributed by atoms with Crippen molar-refractivity contribution in [1.82, 2.24) is 0 Å². The van der Waals surface area contributed by atoms with Crippen LogP contribution in [0.2, 0.25) is 5.02 Å². The molecule has 0 spiro atoms. The zero-order valence-electron chi connectivity index (χ0n) is 9.97. The van der Waals surface area contributed by atoms with Crippen LogP contribution in [0.5, 0.6) is 0 Å². The van der Waals surface area contributed by atoms with E-state index in [1.54, 1.807) is 0 Å². The third-order valence-electron chi connectivity index (χ3n) is 2.37. The van der Waals surface area contributed by atoms with Gasteiger partial charge in [0, 0.05) is 10.6 Å². The van der Waals surface area contributed by atoms with E-state index in [1.165, 1.54) is 11.1 Å². The van der Waals surface area contributed by atoms with Gasteiger partial charge in [-0.3, -0.25) is 0 Å². The fourth-order valence-electron chi connectivity index (χ4n) is 1.78. The van der Waals surface area contributed by atoms with Crippen molar-refractivity contribution in [3.05, 3.63) is 34.3 Å². The third kappa shape index (κ3) is 3.84. The highest BCUT2D eigenvalue weighted by Crippen LogP contribution is 2.25. The van der Waals surface area contributed by atoms with Crippen LogP contribution in [0.4, 0.5) is 0 Å². The van der Waals surface area contributed by atoms with Gasteiger partial charge in [-0.15, -0.1) is 0 Å². The van der Waals surface area contributed by atoms with Crippen LogP contribution in [-0.4, -0.2) is 5.54 Å². The first-order chi connectivity index (χ1) is 6.79. The molecular formula is C13H20ClN. The van der Waals surface area contributed by atoms with Gasteiger partial charge in [-0.05, 0) is 49.4 Å². The Balaban J connectivity index is 3.08. The van der Waals surface area contributed by atoms with Gasteiger partial charge in [-0.1, -0.05) is 31.5 Å². The Morgan fingerprint density at radius 3 is 2.40 bits per heavy atom. The normalized spacial score (nSPS) is 12.2. The topological polar surface area (TPSA) is 26.0 Å². The monoisotopic (exact) mass is 225 g/mol. The molecule has 2 N–H and O–H groups in total. The molecule has 0 unspecified atom stereocenters. The fourth-order valence-corrected chi connectivity index (χ4v) is 1.98. The standard InChI is InChI=1S/C13H20ClN/c1-9(2)12-6-5-11(14)7-10(12)8-13(3,4)15/h5-7,9H,8,15H2,1-4H3. The number of hydrogen-bond donors (Lipinski definition) is 1. The van der Waals surface area contributed by atoms with E-state index in [2.05, 4.69) is 19.9 Å². The summed E-state index contributed by atoms with van der Waals surface area (Å²) in [5.74, 6) is 0.514. The summed E-state index contributed by atoms with van der Waals surface area (Å²) in [5, 5.41) is 0.790. The van der Waals surface area contributed by atoms with Gasteiger partial charge in [0.1, 0.15) is 0 Å². The molecule has 0 aliphatic rings. The number of halogens is 1. The van der Waals surface area contributed by atoms with Crippen molar-refractivity contribution in [2.24, 2.45) is 5.73 Å². The van der Waals surface area contributed by atoms with Crippen LogP contribution in [0.3, 0.4) is 0 Å². The Bertz CT molecular complexity index is 337. The maximum absolute atomic E-state index is 6.04. The summed E-state index contributed by atoms with van der Waals surface area (Å²) in [6.07, 6.45) is 0.862. The van der Waals surface area contributed by atoms with Crippen molar-refractivity contribution in [1.29, 1.82) is 0 Å². The van der Waals surface area contributed by atoms with E-state index in [-0.39, 0.29) is 5.54 Å². The summed E-state index contributed by atoms with van der Waals surface area (Å²) in [5.41, 5.74) is 8.47. The summed E-state index contributed by atoms with van der Waals surface area (Å²) < 4.78 is 0. The Kier molecular flexibility index (Phi) is 3.80. The minimum atomic E-state index is -0.186. The summed E-state index contributed by atoms with van der Waals surface area (Å²) >= 11 is 6.01. The molecule has 2 heteroatoms. The molecule has 0 heterocycles. The lowest BCUT2D eigenvalue weighted by atomic mass is 9.89. The van der Waals surface area contributed by atoms with Gasteiger partial charge in [0.15, 0.2) is 0 Å². The molecule has 0 atom stereocenters. The maximum atomic E-state index is 6.04. The Morgan fingerprint density at radius 2 is 1.93 bits per heavy atom. The molecule has 84 valence electrons. The van der Waals surface area contributed by atoms with Gasteiger partial charge >= 0.3 is 0 Å². The highest BCUT2D eigenvalue weighted by molar-refractivity contribution is 6.30. The maximum Gasteiger partial charge on any atom is 0.0408 e. The molecule has 0 saturated carbocycles. The molecule has 0 amide bonds. The van der Waals surface area contributed by atoms with E-state index in [0.29, 0.717) is 5.92 Å². The van der Waals surface area contributed by atoms with Crippen LogP contribution in [-0.2, 0) is 6.42 Å². The summed E-state index contributed by atoms with van der Waals surface area (Å²) in [7, 11) is 0. The second kappa shape index (κ2) is 4.54. The Hall–Kier alpha value is -0.530. The number of nitrogens with two attached hydrogens (primary N) is 1. The molecule has 0 aliphatic carbocycles. The van der Waals surface area contributed by atoms with E-state index in [9.17, 15) is 0 Å².